The van der Waals surface area contributed by atoms with Crippen LogP contribution in [0, 0.1) is 5.92 Å². The normalized spacial score (nSPS) is 20.0. The molecule has 0 saturated carbocycles. The van der Waals surface area contributed by atoms with Gasteiger partial charge in [0.05, 0.1) is 11.8 Å². The van der Waals surface area contributed by atoms with Crippen molar-refractivity contribution in [3.63, 3.8) is 0 Å². The quantitative estimate of drug-likeness (QED) is 0.809. The van der Waals surface area contributed by atoms with Crippen LogP contribution in [0.2, 0.25) is 0 Å². The minimum absolute atomic E-state index is 0.000534. The van der Waals surface area contributed by atoms with Crippen LogP contribution in [0.5, 0.6) is 5.75 Å². The van der Waals surface area contributed by atoms with Gasteiger partial charge in [-0.1, -0.05) is 32.0 Å². The maximum atomic E-state index is 12.6. The summed E-state index contributed by atoms with van der Waals surface area (Å²) in [5.74, 6) is 1.52. The van der Waals surface area contributed by atoms with E-state index < -0.39 is 0 Å². The van der Waals surface area contributed by atoms with E-state index in [-0.39, 0.29) is 23.3 Å². The Balaban J connectivity index is 1.46. The number of amides is 2. The van der Waals surface area contributed by atoms with E-state index in [1.807, 2.05) is 23.1 Å². The maximum Gasteiger partial charge on any atom is 0.257 e. The van der Waals surface area contributed by atoms with Crippen molar-refractivity contribution >= 4 is 11.8 Å². The molecule has 1 fully saturated rings. The lowest BCUT2D eigenvalue weighted by Gasteiger charge is -2.46. The van der Waals surface area contributed by atoms with Crippen LogP contribution in [-0.2, 0) is 4.79 Å². The second-order valence-corrected chi connectivity index (χ2v) is 8.93. The van der Waals surface area contributed by atoms with Crippen LogP contribution in [0.3, 0.4) is 0 Å². The van der Waals surface area contributed by atoms with E-state index >= 15 is 0 Å². The molecule has 0 radical (unpaired) electrons. The zero-order chi connectivity index (χ0) is 21.1. The Kier molecular flexibility index (Phi) is 5.84. The van der Waals surface area contributed by atoms with Crippen LogP contribution in [0.25, 0.3) is 0 Å². The van der Waals surface area contributed by atoms with Gasteiger partial charge in [-0.25, -0.2) is 0 Å². The number of benzene rings is 1. The zero-order valence-electron chi connectivity index (χ0n) is 17.7. The lowest BCUT2D eigenvalue weighted by Crippen LogP contribution is -2.52. The van der Waals surface area contributed by atoms with Gasteiger partial charge >= 0.3 is 0 Å². The molecule has 1 N–H and O–H groups in total. The molecule has 2 aliphatic heterocycles. The Morgan fingerprint density at radius 2 is 1.97 bits per heavy atom. The van der Waals surface area contributed by atoms with Crippen molar-refractivity contribution in [3.05, 3.63) is 54.0 Å². The zero-order valence-corrected chi connectivity index (χ0v) is 17.7. The van der Waals surface area contributed by atoms with Gasteiger partial charge in [-0.15, -0.1) is 0 Å². The fourth-order valence-corrected chi connectivity index (χ4v) is 4.53. The smallest absolute Gasteiger partial charge is 0.257 e. The lowest BCUT2D eigenvalue weighted by molar-refractivity contribution is -0.122. The molecule has 2 aromatic rings. The molecule has 2 amide bonds. The summed E-state index contributed by atoms with van der Waals surface area (Å²) < 4.78 is 11.6. The second kappa shape index (κ2) is 8.54. The highest BCUT2D eigenvalue weighted by Crippen LogP contribution is 2.46. The second-order valence-electron chi connectivity index (χ2n) is 8.93. The van der Waals surface area contributed by atoms with Gasteiger partial charge < -0.3 is 19.4 Å². The maximum absolute atomic E-state index is 12.6. The number of piperidine rings is 1. The molecule has 1 spiro atoms. The number of rotatable bonds is 5. The average Bonchev–Trinajstić information content (AvgIpc) is 3.27. The summed E-state index contributed by atoms with van der Waals surface area (Å²) in [6.07, 6.45) is 5.80. The summed E-state index contributed by atoms with van der Waals surface area (Å²) in [5.41, 5.74) is 1.37. The van der Waals surface area contributed by atoms with E-state index in [0.29, 0.717) is 37.5 Å². The van der Waals surface area contributed by atoms with Crippen LogP contribution in [-0.4, -0.2) is 41.9 Å². The third-order valence-corrected chi connectivity index (χ3v) is 6.17. The first-order chi connectivity index (χ1) is 14.5. The fourth-order valence-electron chi connectivity index (χ4n) is 4.53. The highest BCUT2D eigenvalue weighted by Gasteiger charge is 2.44. The molecule has 160 valence electrons. The van der Waals surface area contributed by atoms with Crippen molar-refractivity contribution in [3.8, 4) is 5.75 Å². The Morgan fingerprint density at radius 3 is 2.67 bits per heavy atom. The SMILES string of the molecule is CC(C)CNC(=O)C[C@@H]1CC2(CCN(C(=O)c3ccoc3)CC2)Oc2ccccc21. The number of nitrogens with one attached hydrogen (secondary N) is 1. The summed E-state index contributed by atoms with van der Waals surface area (Å²) in [7, 11) is 0. The number of nitrogens with zero attached hydrogens (tertiary/aromatic N) is 1. The third kappa shape index (κ3) is 4.37. The standard InChI is InChI=1S/C24H30N2O4/c1-17(2)15-25-22(27)13-19-14-24(30-21-6-4-3-5-20(19)21)8-10-26(11-9-24)23(28)18-7-12-29-16-18/h3-7,12,16-17,19H,8-11,13-15H2,1-2H3,(H,25,27)/t19-/m1/s1. The van der Waals surface area contributed by atoms with Gasteiger partial charge in [-0.2, -0.15) is 0 Å². The largest absolute Gasteiger partial charge is 0.487 e. The van der Waals surface area contributed by atoms with Gasteiger partial charge in [0.25, 0.3) is 5.91 Å². The summed E-state index contributed by atoms with van der Waals surface area (Å²) in [6, 6.07) is 9.75. The minimum atomic E-state index is -0.329. The van der Waals surface area contributed by atoms with Crippen molar-refractivity contribution in [2.75, 3.05) is 19.6 Å². The Labute approximate surface area is 177 Å². The van der Waals surface area contributed by atoms with E-state index in [1.165, 1.54) is 12.5 Å². The Morgan fingerprint density at radius 1 is 1.20 bits per heavy atom. The molecule has 1 aromatic carbocycles. The van der Waals surface area contributed by atoms with Gasteiger partial charge in [0.1, 0.15) is 17.6 Å². The number of para-hydroxylation sites is 1. The number of hydrogen-bond donors (Lipinski definition) is 1. The van der Waals surface area contributed by atoms with Crippen LogP contribution in [0.1, 0.15) is 61.4 Å². The molecule has 0 bridgehead atoms. The molecular weight excluding hydrogens is 380 g/mol. The first-order valence-corrected chi connectivity index (χ1v) is 10.8. The molecular formula is C24H30N2O4. The summed E-state index contributed by atoms with van der Waals surface area (Å²) in [5, 5.41) is 3.05. The topological polar surface area (TPSA) is 71.8 Å². The number of ether oxygens (including phenoxy) is 1. The molecule has 6 heteroatoms. The molecule has 1 atom stereocenters. The number of furan rings is 1. The van der Waals surface area contributed by atoms with E-state index in [1.54, 1.807) is 6.07 Å². The highest BCUT2D eigenvalue weighted by molar-refractivity contribution is 5.93. The number of carbonyl (C=O) groups excluding carboxylic acids is 2. The Hall–Kier alpha value is -2.76. The van der Waals surface area contributed by atoms with Gasteiger partial charge in [-0.05, 0) is 30.0 Å². The van der Waals surface area contributed by atoms with Crippen molar-refractivity contribution < 1.29 is 18.7 Å². The molecule has 6 nitrogen and oxygen atoms in total. The lowest BCUT2D eigenvalue weighted by atomic mass is 9.76. The monoisotopic (exact) mass is 410 g/mol. The Bertz CT molecular complexity index is 882. The predicted molar refractivity (Wildman–Crippen MR) is 113 cm³/mol. The summed E-state index contributed by atoms with van der Waals surface area (Å²) in [6.45, 7) is 6.16. The third-order valence-electron chi connectivity index (χ3n) is 6.17. The average molecular weight is 411 g/mol. The van der Waals surface area contributed by atoms with Crippen molar-refractivity contribution in [1.82, 2.24) is 10.2 Å². The van der Waals surface area contributed by atoms with Gasteiger partial charge in [0.15, 0.2) is 0 Å². The summed E-state index contributed by atoms with van der Waals surface area (Å²) in [4.78, 5) is 27.1. The molecule has 4 rings (SSSR count). The van der Waals surface area contributed by atoms with Gasteiger partial charge in [-0.3, -0.25) is 9.59 Å². The first-order valence-electron chi connectivity index (χ1n) is 10.8. The first kappa shape index (κ1) is 20.5. The van der Waals surface area contributed by atoms with Gasteiger partial charge in [0, 0.05) is 44.8 Å². The van der Waals surface area contributed by atoms with Crippen LogP contribution in [0.4, 0.5) is 0 Å². The van der Waals surface area contributed by atoms with Crippen molar-refractivity contribution in [2.45, 2.75) is 51.0 Å². The molecule has 0 unspecified atom stereocenters. The molecule has 1 saturated heterocycles. The number of carbonyl (C=O) groups is 2. The molecule has 0 aliphatic carbocycles. The fraction of sp³-hybridized carbons (Fsp3) is 0.500. The van der Waals surface area contributed by atoms with E-state index in [2.05, 4.69) is 25.2 Å². The summed E-state index contributed by atoms with van der Waals surface area (Å²) >= 11 is 0. The highest BCUT2D eigenvalue weighted by atomic mass is 16.5. The van der Waals surface area contributed by atoms with Crippen LogP contribution >= 0.6 is 0 Å². The van der Waals surface area contributed by atoms with E-state index in [9.17, 15) is 9.59 Å². The molecule has 3 heterocycles. The molecule has 2 aliphatic rings. The number of fused-ring (bicyclic) bond motifs is 1. The minimum Gasteiger partial charge on any atom is -0.487 e. The van der Waals surface area contributed by atoms with Gasteiger partial charge in [0.2, 0.25) is 5.91 Å². The number of likely N-dealkylation sites (tertiary alicyclic amines) is 1. The van der Waals surface area contributed by atoms with Crippen molar-refractivity contribution in [2.24, 2.45) is 5.92 Å². The number of hydrogen-bond acceptors (Lipinski definition) is 4. The van der Waals surface area contributed by atoms with Crippen LogP contribution < -0.4 is 10.1 Å². The van der Waals surface area contributed by atoms with Crippen LogP contribution in [0.15, 0.2) is 47.3 Å². The predicted octanol–water partition coefficient (Wildman–Crippen LogP) is 3.98. The van der Waals surface area contributed by atoms with E-state index in [4.69, 9.17) is 9.15 Å². The molecule has 30 heavy (non-hydrogen) atoms. The van der Waals surface area contributed by atoms with E-state index in [0.717, 1.165) is 30.6 Å². The molecule has 1 aromatic heterocycles. The van der Waals surface area contributed by atoms with Crippen molar-refractivity contribution in [1.29, 1.82) is 0 Å².